The SMILES string of the molecule is CCCc1nc(C2(CCC)CCCNC2)n(C)n1. The van der Waals surface area contributed by atoms with Crippen molar-refractivity contribution < 1.29 is 0 Å². The van der Waals surface area contributed by atoms with Gasteiger partial charge in [0.05, 0.1) is 0 Å². The van der Waals surface area contributed by atoms with E-state index in [4.69, 9.17) is 4.98 Å². The molecule has 1 fully saturated rings. The minimum absolute atomic E-state index is 0.209. The molecule has 1 saturated heterocycles. The minimum Gasteiger partial charge on any atom is -0.316 e. The highest BCUT2D eigenvalue weighted by atomic mass is 15.3. The molecule has 0 saturated carbocycles. The van der Waals surface area contributed by atoms with Crippen molar-refractivity contribution in [3.63, 3.8) is 0 Å². The van der Waals surface area contributed by atoms with E-state index >= 15 is 0 Å². The number of hydrogen-bond donors (Lipinski definition) is 1. The van der Waals surface area contributed by atoms with Crippen molar-refractivity contribution in [2.75, 3.05) is 13.1 Å². The van der Waals surface area contributed by atoms with Gasteiger partial charge in [-0.25, -0.2) is 4.98 Å². The maximum Gasteiger partial charge on any atom is 0.150 e. The fourth-order valence-electron chi connectivity index (χ4n) is 3.19. The van der Waals surface area contributed by atoms with Crippen molar-refractivity contribution in [3.05, 3.63) is 11.6 Å². The molecule has 1 atom stereocenters. The molecule has 102 valence electrons. The summed E-state index contributed by atoms with van der Waals surface area (Å²) >= 11 is 0. The lowest BCUT2D eigenvalue weighted by Crippen LogP contribution is -2.45. The maximum absolute atomic E-state index is 4.83. The van der Waals surface area contributed by atoms with Crippen molar-refractivity contribution in [3.8, 4) is 0 Å². The van der Waals surface area contributed by atoms with Crippen LogP contribution in [-0.2, 0) is 18.9 Å². The van der Waals surface area contributed by atoms with Crippen LogP contribution in [-0.4, -0.2) is 27.9 Å². The third kappa shape index (κ3) is 2.58. The molecule has 1 N–H and O–H groups in total. The van der Waals surface area contributed by atoms with E-state index in [1.54, 1.807) is 0 Å². The lowest BCUT2D eigenvalue weighted by Gasteiger charge is -2.36. The van der Waals surface area contributed by atoms with Gasteiger partial charge >= 0.3 is 0 Å². The fourth-order valence-corrected chi connectivity index (χ4v) is 3.19. The molecule has 0 spiro atoms. The van der Waals surface area contributed by atoms with E-state index in [1.165, 1.54) is 31.5 Å². The van der Waals surface area contributed by atoms with E-state index < -0.39 is 0 Å². The van der Waals surface area contributed by atoms with Crippen LogP contribution in [0.4, 0.5) is 0 Å². The third-order valence-corrected chi connectivity index (χ3v) is 3.96. The Bertz CT molecular complexity index is 372. The zero-order valence-electron chi connectivity index (χ0n) is 12.0. The summed E-state index contributed by atoms with van der Waals surface area (Å²) in [5.41, 5.74) is 0.209. The van der Waals surface area contributed by atoms with Crippen LogP contribution < -0.4 is 5.32 Å². The average molecular weight is 250 g/mol. The van der Waals surface area contributed by atoms with Crippen LogP contribution in [0.1, 0.15) is 57.6 Å². The molecule has 1 aromatic heterocycles. The van der Waals surface area contributed by atoms with Gasteiger partial charge in [-0.2, -0.15) is 5.10 Å². The number of hydrogen-bond acceptors (Lipinski definition) is 3. The van der Waals surface area contributed by atoms with E-state index in [9.17, 15) is 0 Å². The summed E-state index contributed by atoms with van der Waals surface area (Å²) in [6, 6.07) is 0. The van der Waals surface area contributed by atoms with E-state index in [0.717, 1.165) is 31.8 Å². The third-order valence-electron chi connectivity index (χ3n) is 3.96. The van der Waals surface area contributed by atoms with E-state index in [1.807, 2.05) is 11.7 Å². The smallest absolute Gasteiger partial charge is 0.150 e. The summed E-state index contributed by atoms with van der Waals surface area (Å²) in [5, 5.41) is 8.13. The summed E-state index contributed by atoms with van der Waals surface area (Å²) < 4.78 is 2.02. The number of piperidine rings is 1. The first-order valence-corrected chi connectivity index (χ1v) is 7.33. The number of nitrogens with one attached hydrogen (secondary N) is 1. The predicted molar refractivity (Wildman–Crippen MR) is 73.7 cm³/mol. The Balaban J connectivity index is 2.29. The Kier molecular flexibility index (Phi) is 4.38. The topological polar surface area (TPSA) is 42.7 Å². The molecule has 2 heterocycles. The van der Waals surface area contributed by atoms with Crippen LogP contribution in [0.5, 0.6) is 0 Å². The highest BCUT2D eigenvalue weighted by molar-refractivity contribution is 5.12. The highest BCUT2D eigenvalue weighted by Gasteiger charge is 2.37. The Morgan fingerprint density at radius 3 is 2.78 bits per heavy atom. The zero-order valence-corrected chi connectivity index (χ0v) is 12.0. The van der Waals surface area contributed by atoms with E-state index in [0.29, 0.717) is 0 Å². The lowest BCUT2D eigenvalue weighted by atomic mass is 9.76. The Labute approximate surface area is 110 Å². The van der Waals surface area contributed by atoms with Crippen LogP contribution in [0.25, 0.3) is 0 Å². The van der Waals surface area contributed by atoms with E-state index in [2.05, 4.69) is 24.3 Å². The van der Waals surface area contributed by atoms with Crippen molar-refractivity contribution in [1.82, 2.24) is 20.1 Å². The molecule has 1 aliphatic heterocycles. The lowest BCUT2D eigenvalue weighted by molar-refractivity contribution is 0.267. The highest BCUT2D eigenvalue weighted by Crippen LogP contribution is 2.34. The molecule has 4 heteroatoms. The molecule has 1 aliphatic rings. The molecule has 1 unspecified atom stereocenters. The zero-order chi connectivity index (χ0) is 13.0. The van der Waals surface area contributed by atoms with Crippen molar-refractivity contribution in [1.29, 1.82) is 0 Å². The standard InChI is InChI=1S/C14H26N4/c1-4-7-12-16-13(18(3)17-12)14(8-5-2)9-6-10-15-11-14/h15H,4-11H2,1-3H3. The number of nitrogens with zero attached hydrogens (tertiary/aromatic N) is 3. The van der Waals surface area contributed by atoms with Gasteiger partial charge in [0.25, 0.3) is 0 Å². The van der Waals surface area contributed by atoms with Crippen LogP contribution in [0, 0.1) is 0 Å². The summed E-state index contributed by atoms with van der Waals surface area (Å²) in [4.78, 5) is 4.83. The van der Waals surface area contributed by atoms with Crippen molar-refractivity contribution >= 4 is 0 Å². The van der Waals surface area contributed by atoms with Crippen LogP contribution in [0.3, 0.4) is 0 Å². The quantitative estimate of drug-likeness (QED) is 0.871. The first-order valence-electron chi connectivity index (χ1n) is 7.33. The Morgan fingerprint density at radius 2 is 2.17 bits per heavy atom. The number of aryl methyl sites for hydroxylation is 2. The van der Waals surface area contributed by atoms with Gasteiger partial charge in [-0.05, 0) is 32.2 Å². The largest absolute Gasteiger partial charge is 0.316 e. The van der Waals surface area contributed by atoms with Crippen LogP contribution >= 0.6 is 0 Å². The summed E-state index contributed by atoms with van der Waals surface area (Å²) in [6.07, 6.45) is 7.00. The second-order valence-corrected chi connectivity index (χ2v) is 5.54. The summed E-state index contributed by atoms with van der Waals surface area (Å²) in [6.45, 7) is 6.64. The van der Waals surface area contributed by atoms with Crippen LogP contribution in [0.2, 0.25) is 0 Å². The van der Waals surface area contributed by atoms with Crippen LogP contribution in [0.15, 0.2) is 0 Å². The van der Waals surface area contributed by atoms with Gasteiger partial charge < -0.3 is 5.32 Å². The minimum atomic E-state index is 0.209. The predicted octanol–water partition coefficient (Wildman–Crippen LogP) is 2.19. The summed E-state index contributed by atoms with van der Waals surface area (Å²) in [5.74, 6) is 2.20. The molecule has 0 aromatic carbocycles. The molecule has 2 rings (SSSR count). The molecular weight excluding hydrogens is 224 g/mol. The molecule has 0 bridgehead atoms. The maximum atomic E-state index is 4.83. The Morgan fingerprint density at radius 1 is 1.33 bits per heavy atom. The Hall–Kier alpha value is -0.900. The first-order chi connectivity index (χ1) is 8.72. The van der Waals surface area contributed by atoms with Gasteiger partial charge in [0.2, 0.25) is 0 Å². The molecule has 4 nitrogen and oxygen atoms in total. The number of aromatic nitrogens is 3. The van der Waals surface area contributed by atoms with Gasteiger partial charge in [0.1, 0.15) is 5.82 Å². The molecule has 1 aromatic rings. The molecule has 0 amide bonds. The average Bonchev–Trinajstić information content (AvgIpc) is 2.73. The first kappa shape index (κ1) is 13.5. The molecular formula is C14H26N4. The second kappa shape index (κ2) is 5.83. The normalized spacial score (nSPS) is 24.4. The fraction of sp³-hybridized carbons (Fsp3) is 0.857. The van der Waals surface area contributed by atoms with Gasteiger partial charge in [0, 0.05) is 25.4 Å². The van der Waals surface area contributed by atoms with Crippen molar-refractivity contribution in [2.24, 2.45) is 7.05 Å². The summed E-state index contributed by atoms with van der Waals surface area (Å²) in [7, 11) is 2.05. The van der Waals surface area contributed by atoms with Crippen molar-refractivity contribution in [2.45, 2.75) is 57.8 Å². The molecule has 0 radical (unpaired) electrons. The molecule has 0 aliphatic carbocycles. The second-order valence-electron chi connectivity index (χ2n) is 5.54. The van der Waals surface area contributed by atoms with Gasteiger partial charge in [-0.3, -0.25) is 4.68 Å². The van der Waals surface area contributed by atoms with E-state index in [-0.39, 0.29) is 5.41 Å². The monoisotopic (exact) mass is 250 g/mol. The molecule has 18 heavy (non-hydrogen) atoms. The van der Waals surface area contributed by atoms with Gasteiger partial charge in [-0.1, -0.05) is 20.3 Å². The number of rotatable bonds is 5. The van der Waals surface area contributed by atoms with Gasteiger partial charge in [-0.15, -0.1) is 0 Å². The van der Waals surface area contributed by atoms with Gasteiger partial charge in [0.15, 0.2) is 5.82 Å².